The van der Waals surface area contributed by atoms with Crippen LogP contribution < -0.4 is 5.73 Å². The number of piperidine rings is 1. The molecule has 1 unspecified atom stereocenters. The van der Waals surface area contributed by atoms with Crippen molar-refractivity contribution >= 4 is 0 Å². The van der Waals surface area contributed by atoms with Crippen LogP contribution in [0.1, 0.15) is 30.0 Å². The highest BCUT2D eigenvalue weighted by Gasteiger charge is 2.26. The number of methoxy groups -OCH3 is 2. The van der Waals surface area contributed by atoms with Crippen LogP contribution in [0.15, 0.2) is 24.3 Å². The Morgan fingerprint density at radius 1 is 1.19 bits per heavy atom. The molecule has 0 saturated carbocycles. The van der Waals surface area contributed by atoms with E-state index in [-0.39, 0.29) is 0 Å². The fourth-order valence-electron chi connectivity index (χ4n) is 3.29. The average molecular weight is 292 g/mol. The van der Waals surface area contributed by atoms with E-state index >= 15 is 0 Å². The molecule has 1 aliphatic rings. The third-order valence-electron chi connectivity index (χ3n) is 4.43. The van der Waals surface area contributed by atoms with Gasteiger partial charge in [0.05, 0.1) is 6.61 Å². The standard InChI is InChI=1S/C17H28N2O2/c1-20-12-14-7-9-19(10-8-14)17(11-18)16-6-4-3-5-15(16)13-21-2/h3-6,14,17H,7-13,18H2,1-2H3. The summed E-state index contributed by atoms with van der Waals surface area (Å²) in [6.45, 7) is 4.36. The molecule has 0 aromatic heterocycles. The van der Waals surface area contributed by atoms with Gasteiger partial charge in [0.15, 0.2) is 0 Å². The highest BCUT2D eigenvalue weighted by Crippen LogP contribution is 2.28. The second-order valence-electron chi connectivity index (χ2n) is 5.82. The van der Waals surface area contributed by atoms with Crippen LogP contribution in [0.2, 0.25) is 0 Å². The Morgan fingerprint density at radius 3 is 2.52 bits per heavy atom. The second kappa shape index (κ2) is 8.49. The summed E-state index contributed by atoms with van der Waals surface area (Å²) >= 11 is 0. The molecule has 0 aliphatic carbocycles. The fourth-order valence-corrected chi connectivity index (χ4v) is 3.29. The molecule has 2 rings (SSSR count). The van der Waals surface area contributed by atoms with Gasteiger partial charge in [-0.1, -0.05) is 24.3 Å². The second-order valence-corrected chi connectivity index (χ2v) is 5.82. The molecule has 2 N–H and O–H groups in total. The highest BCUT2D eigenvalue weighted by atomic mass is 16.5. The molecule has 118 valence electrons. The van der Waals surface area contributed by atoms with Crippen molar-refractivity contribution in [3.63, 3.8) is 0 Å². The van der Waals surface area contributed by atoms with Crippen LogP contribution in [0.4, 0.5) is 0 Å². The predicted octanol–water partition coefficient (Wildman–Crippen LogP) is 2.19. The Hall–Kier alpha value is -0.940. The van der Waals surface area contributed by atoms with E-state index in [2.05, 4.69) is 29.2 Å². The van der Waals surface area contributed by atoms with Crippen molar-refractivity contribution in [1.29, 1.82) is 0 Å². The maximum Gasteiger partial charge on any atom is 0.0716 e. The van der Waals surface area contributed by atoms with Crippen LogP contribution in [0.3, 0.4) is 0 Å². The normalized spacial score (nSPS) is 18.8. The highest BCUT2D eigenvalue weighted by molar-refractivity contribution is 5.30. The average Bonchev–Trinajstić information content (AvgIpc) is 2.52. The molecule has 0 radical (unpaired) electrons. The van der Waals surface area contributed by atoms with E-state index in [0.717, 1.165) is 19.7 Å². The lowest BCUT2D eigenvalue weighted by Crippen LogP contribution is -2.41. The number of benzene rings is 1. The van der Waals surface area contributed by atoms with Crippen molar-refractivity contribution in [1.82, 2.24) is 4.90 Å². The molecule has 4 nitrogen and oxygen atoms in total. The molecule has 0 bridgehead atoms. The first-order chi connectivity index (χ1) is 10.3. The zero-order valence-electron chi connectivity index (χ0n) is 13.3. The summed E-state index contributed by atoms with van der Waals surface area (Å²) in [5.74, 6) is 0.693. The van der Waals surface area contributed by atoms with Gasteiger partial charge in [-0.2, -0.15) is 0 Å². The van der Waals surface area contributed by atoms with Crippen LogP contribution in [0, 0.1) is 5.92 Å². The molecule has 0 amide bonds. The van der Waals surface area contributed by atoms with Gasteiger partial charge in [0.25, 0.3) is 0 Å². The monoisotopic (exact) mass is 292 g/mol. The summed E-state index contributed by atoms with van der Waals surface area (Å²) in [5, 5.41) is 0. The molecule has 1 aliphatic heterocycles. The molecule has 1 aromatic carbocycles. The predicted molar refractivity (Wildman–Crippen MR) is 85.1 cm³/mol. The maximum atomic E-state index is 6.09. The minimum atomic E-state index is 0.292. The summed E-state index contributed by atoms with van der Waals surface area (Å²) in [7, 11) is 3.53. The topological polar surface area (TPSA) is 47.7 Å². The van der Waals surface area contributed by atoms with Crippen LogP contribution in [0.25, 0.3) is 0 Å². The lowest BCUT2D eigenvalue weighted by atomic mass is 9.93. The summed E-state index contributed by atoms with van der Waals surface area (Å²) in [6, 6.07) is 8.78. The van der Waals surface area contributed by atoms with Crippen molar-refractivity contribution < 1.29 is 9.47 Å². The van der Waals surface area contributed by atoms with Crippen molar-refractivity contribution in [2.24, 2.45) is 11.7 Å². The Morgan fingerprint density at radius 2 is 1.90 bits per heavy atom. The molecule has 1 fully saturated rings. The van der Waals surface area contributed by atoms with E-state index in [1.54, 1.807) is 14.2 Å². The summed E-state index contributed by atoms with van der Waals surface area (Å²) in [4.78, 5) is 2.51. The van der Waals surface area contributed by atoms with E-state index in [1.807, 2.05) is 0 Å². The number of hydrogen-bond donors (Lipinski definition) is 1. The summed E-state index contributed by atoms with van der Waals surface area (Å²) < 4.78 is 10.6. The third kappa shape index (κ3) is 4.27. The molecular weight excluding hydrogens is 264 g/mol. The molecule has 1 aromatic rings. The smallest absolute Gasteiger partial charge is 0.0716 e. The van der Waals surface area contributed by atoms with Gasteiger partial charge in [-0.25, -0.2) is 0 Å². The van der Waals surface area contributed by atoms with Gasteiger partial charge in [-0.3, -0.25) is 4.90 Å². The first-order valence-electron chi connectivity index (χ1n) is 7.80. The van der Waals surface area contributed by atoms with E-state index in [1.165, 1.54) is 24.0 Å². The number of rotatable bonds is 7. The van der Waals surface area contributed by atoms with Crippen LogP contribution in [-0.4, -0.2) is 45.4 Å². The summed E-state index contributed by atoms with van der Waals surface area (Å²) in [6.07, 6.45) is 2.38. The summed E-state index contributed by atoms with van der Waals surface area (Å²) in [5.41, 5.74) is 8.64. The molecule has 4 heteroatoms. The zero-order valence-corrected chi connectivity index (χ0v) is 13.3. The van der Waals surface area contributed by atoms with Crippen molar-refractivity contribution in [2.75, 3.05) is 40.5 Å². The molecule has 1 atom stereocenters. The Labute approximate surface area is 128 Å². The van der Waals surface area contributed by atoms with Crippen molar-refractivity contribution in [2.45, 2.75) is 25.5 Å². The fraction of sp³-hybridized carbons (Fsp3) is 0.647. The number of likely N-dealkylation sites (tertiary alicyclic amines) is 1. The van der Waals surface area contributed by atoms with Gasteiger partial charge in [0.1, 0.15) is 0 Å². The van der Waals surface area contributed by atoms with Gasteiger partial charge in [0, 0.05) is 33.4 Å². The minimum absolute atomic E-state index is 0.292. The number of ether oxygens (including phenoxy) is 2. The largest absolute Gasteiger partial charge is 0.384 e. The number of nitrogens with two attached hydrogens (primary N) is 1. The Kier molecular flexibility index (Phi) is 6.64. The molecule has 1 saturated heterocycles. The molecule has 21 heavy (non-hydrogen) atoms. The maximum absolute atomic E-state index is 6.09. The van der Waals surface area contributed by atoms with E-state index < -0.39 is 0 Å². The van der Waals surface area contributed by atoms with Crippen LogP contribution in [-0.2, 0) is 16.1 Å². The van der Waals surface area contributed by atoms with Gasteiger partial charge >= 0.3 is 0 Å². The lowest BCUT2D eigenvalue weighted by molar-refractivity contribution is 0.0802. The van der Waals surface area contributed by atoms with Gasteiger partial charge in [0.2, 0.25) is 0 Å². The van der Waals surface area contributed by atoms with E-state index in [0.29, 0.717) is 25.1 Å². The van der Waals surface area contributed by atoms with E-state index in [9.17, 15) is 0 Å². The quantitative estimate of drug-likeness (QED) is 0.837. The van der Waals surface area contributed by atoms with Gasteiger partial charge in [-0.05, 0) is 43.0 Å². The number of hydrogen-bond acceptors (Lipinski definition) is 4. The number of nitrogens with zero attached hydrogens (tertiary/aromatic N) is 1. The van der Waals surface area contributed by atoms with Crippen LogP contribution >= 0.6 is 0 Å². The molecule has 1 heterocycles. The first kappa shape index (κ1) is 16.4. The SMILES string of the molecule is COCc1ccccc1C(CN)N1CCC(COC)CC1. The third-order valence-corrected chi connectivity index (χ3v) is 4.43. The first-order valence-corrected chi connectivity index (χ1v) is 7.80. The van der Waals surface area contributed by atoms with Gasteiger partial charge in [-0.15, -0.1) is 0 Å². The Balaban J connectivity index is 2.06. The van der Waals surface area contributed by atoms with Crippen molar-refractivity contribution in [3.05, 3.63) is 35.4 Å². The van der Waals surface area contributed by atoms with Crippen molar-refractivity contribution in [3.8, 4) is 0 Å². The molecule has 0 spiro atoms. The van der Waals surface area contributed by atoms with Gasteiger partial charge < -0.3 is 15.2 Å². The molecular formula is C17H28N2O2. The van der Waals surface area contributed by atoms with E-state index in [4.69, 9.17) is 15.2 Å². The minimum Gasteiger partial charge on any atom is -0.384 e. The van der Waals surface area contributed by atoms with Crippen LogP contribution in [0.5, 0.6) is 0 Å². The zero-order chi connectivity index (χ0) is 15.1. The lowest BCUT2D eigenvalue weighted by Gasteiger charge is -2.37. The Bertz CT molecular complexity index is 417.